The number of halogens is 2. The maximum atomic E-state index is 12.3. The van der Waals surface area contributed by atoms with E-state index >= 15 is 0 Å². The van der Waals surface area contributed by atoms with Crippen molar-refractivity contribution in [1.29, 1.82) is 0 Å². The average molecular weight is 393 g/mol. The van der Waals surface area contributed by atoms with Gasteiger partial charge in [0.15, 0.2) is 0 Å². The van der Waals surface area contributed by atoms with Crippen molar-refractivity contribution in [1.82, 2.24) is 0 Å². The molecule has 1 atom stereocenters. The van der Waals surface area contributed by atoms with Crippen LogP contribution in [0.4, 0.5) is 10.5 Å². The lowest BCUT2D eigenvalue weighted by Gasteiger charge is -2.34. The van der Waals surface area contributed by atoms with Gasteiger partial charge in [-0.15, -0.1) is 0 Å². The molecule has 1 aliphatic heterocycles. The van der Waals surface area contributed by atoms with Gasteiger partial charge in [0.25, 0.3) is 0 Å². The van der Waals surface area contributed by atoms with Gasteiger partial charge in [0, 0.05) is 4.47 Å². The van der Waals surface area contributed by atoms with Crippen LogP contribution in [0.2, 0.25) is 5.02 Å². The molecule has 0 fully saturated rings. The highest BCUT2D eigenvalue weighted by molar-refractivity contribution is 9.10. The Morgan fingerprint density at radius 1 is 1.45 bits per heavy atom. The van der Waals surface area contributed by atoms with Gasteiger partial charge >= 0.3 is 12.1 Å². The van der Waals surface area contributed by atoms with Crippen LogP contribution in [0.1, 0.15) is 20.8 Å². The molecular formula is C14H15BrClNO5. The van der Waals surface area contributed by atoms with Crippen molar-refractivity contribution >= 4 is 45.3 Å². The van der Waals surface area contributed by atoms with Crippen LogP contribution in [0.25, 0.3) is 0 Å². The number of rotatable bonds is 1. The lowest BCUT2D eigenvalue weighted by molar-refractivity contribution is -0.144. The molecule has 1 unspecified atom stereocenters. The maximum Gasteiger partial charge on any atom is 0.415 e. The van der Waals surface area contributed by atoms with E-state index in [1.54, 1.807) is 20.8 Å². The Balaban J connectivity index is 2.43. The molecule has 0 saturated carbocycles. The highest BCUT2D eigenvalue weighted by Crippen LogP contribution is 2.40. The van der Waals surface area contributed by atoms with Crippen molar-refractivity contribution in [2.75, 3.05) is 11.4 Å². The molecule has 0 spiro atoms. The molecule has 6 nitrogen and oxygen atoms in total. The monoisotopic (exact) mass is 391 g/mol. The van der Waals surface area contributed by atoms with Crippen LogP contribution in [-0.4, -0.2) is 35.4 Å². The van der Waals surface area contributed by atoms with E-state index in [0.717, 1.165) is 0 Å². The smallest absolute Gasteiger partial charge is 0.415 e. The van der Waals surface area contributed by atoms with Crippen LogP contribution in [-0.2, 0) is 9.53 Å². The number of carbonyl (C=O) groups is 2. The summed E-state index contributed by atoms with van der Waals surface area (Å²) in [5.74, 6) is -0.911. The quantitative estimate of drug-likeness (QED) is 0.789. The Morgan fingerprint density at radius 2 is 2.09 bits per heavy atom. The van der Waals surface area contributed by atoms with Gasteiger partial charge in [-0.25, -0.2) is 9.59 Å². The average Bonchev–Trinajstić information content (AvgIpc) is 2.36. The highest BCUT2D eigenvalue weighted by Gasteiger charge is 2.36. The van der Waals surface area contributed by atoms with E-state index in [1.165, 1.54) is 17.0 Å². The first-order valence-electron chi connectivity index (χ1n) is 6.47. The Kier molecular flexibility index (Phi) is 4.58. The topological polar surface area (TPSA) is 76.1 Å². The van der Waals surface area contributed by atoms with Crippen LogP contribution in [0.15, 0.2) is 16.6 Å². The molecule has 1 aromatic rings. The van der Waals surface area contributed by atoms with E-state index in [-0.39, 0.29) is 12.3 Å². The predicted molar refractivity (Wildman–Crippen MR) is 84.8 cm³/mol. The van der Waals surface area contributed by atoms with Crippen LogP contribution in [0.3, 0.4) is 0 Å². The van der Waals surface area contributed by atoms with Crippen molar-refractivity contribution in [3.63, 3.8) is 0 Å². The first-order valence-corrected chi connectivity index (χ1v) is 7.64. The summed E-state index contributed by atoms with van der Waals surface area (Å²) in [6, 6.07) is 3.06. The number of nitrogens with zero attached hydrogens (tertiary/aromatic N) is 1. The summed E-state index contributed by atoms with van der Waals surface area (Å²) in [5, 5.41) is 9.56. The van der Waals surface area contributed by atoms with Gasteiger partial charge in [-0.2, -0.15) is 0 Å². The van der Waals surface area contributed by atoms with E-state index in [2.05, 4.69) is 15.9 Å². The van der Waals surface area contributed by atoms with Crippen LogP contribution in [0, 0.1) is 0 Å². The molecule has 2 rings (SSSR count). The summed E-state index contributed by atoms with van der Waals surface area (Å²) in [5.41, 5.74) is -0.326. The second-order valence-corrected chi connectivity index (χ2v) is 7.03. The highest BCUT2D eigenvalue weighted by atomic mass is 79.9. The number of carboxylic acids is 1. The SMILES string of the molecule is CC(C)(C)OC(=O)N1CC(C(=O)O)Oc2cc(Br)c(Cl)cc21. The number of hydrogen-bond donors (Lipinski definition) is 1. The number of benzene rings is 1. The van der Waals surface area contributed by atoms with Gasteiger partial charge in [0.2, 0.25) is 6.10 Å². The largest absolute Gasteiger partial charge is 0.478 e. The molecule has 1 N–H and O–H groups in total. The standard InChI is InChI=1S/C14H15BrClNO5/c1-14(2,3)22-13(20)17-6-11(12(18)19)21-10-4-7(15)8(16)5-9(10)17/h4-5,11H,6H2,1-3H3,(H,18,19). The zero-order valence-corrected chi connectivity index (χ0v) is 14.6. The molecule has 0 aromatic heterocycles. The zero-order valence-electron chi connectivity index (χ0n) is 12.2. The number of aliphatic carboxylic acids is 1. The Morgan fingerprint density at radius 3 is 2.64 bits per heavy atom. The van der Waals surface area contributed by atoms with Gasteiger partial charge in [0.1, 0.15) is 11.4 Å². The molecule has 0 saturated heterocycles. The van der Waals surface area contributed by atoms with Crippen LogP contribution >= 0.6 is 27.5 Å². The number of carboxylic acid groups (broad SMARTS) is 1. The van der Waals surface area contributed by atoms with Crippen molar-refractivity contribution < 1.29 is 24.2 Å². The fourth-order valence-electron chi connectivity index (χ4n) is 1.90. The van der Waals surface area contributed by atoms with Gasteiger partial charge in [-0.1, -0.05) is 11.6 Å². The molecule has 0 aliphatic carbocycles. The zero-order chi connectivity index (χ0) is 16.7. The third-order valence-electron chi connectivity index (χ3n) is 2.80. The van der Waals surface area contributed by atoms with Crippen LogP contribution in [0.5, 0.6) is 5.75 Å². The molecule has 0 bridgehead atoms. The molecular weight excluding hydrogens is 378 g/mol. The first kappa shape index (κ1) is 16.9. The minimum atomic E-state index is -1.17. The Labute approximate surface area is 141 Å². The summed E-state index contributed by atoms with van der Waals surface area (Å²) in [4.78, 5) is 24.8. The van der Waals surface area contributed by atoms with Crippen molar-refractivity contribution in [2.45, 2.75) is 32.5 Å². The minimum absolute atomic E-state index is 0.158. The first-order chi connectivity index (χ1) is 10.1. The van der Waals surface area contributed by atoms with E-state index in [0.29, 0.717) is 15.2 Å². The molecule has 1 amide bonds. The lowest BCUT2D eigenvalue weighted by Crippen LogP contribution is -2.48. The molecule has 120 valence electrons. The fraction of sp³-hybridized carbons (Fsp3) is 0.429. The minimum Gasteiger partial charge on any atom is -0.478 e. The molecule has 22 heavy (non-hydrogen) atoms. The van der Waals surface area contributed by atoms with Crippen molar-refractivity contribution in [2.24, 2.45) is 0 Å². The summed E-state index contributed by atoms with van der Waals surface area (Å²) in [6.45, 7) is 5.04. The predicted octanol–water partition coefficient (Wildman–Crippen LogP) is 3.69. The molecule has 0 radical (unpaired) electrons. The second-order valence-electron chi connectivity index (χ2n) is 5.77. The van der Waals surface area contributed by atoms with Crippen LogP contribution < -0.4 is 9.64 Å². The van der Waals surface area contributed by atoms with Crippen molar-refractivity contribution in [3.8, 4) is 5.75 Å². The van der Waals surface area contributed by atoms with Gasteiger partial charge < -0.3 is 14.6 Å². The molecule has 1 heterocycles. The third-order valence-corrected chi connectivity index (χ3v) is 4.00. The van der Waals surface area contributed by atoms with Gasteiger partial charge in [-0.05, 0) is 48.8 Å². The van der Waals surface area contributed by atoms with E-state index in [4.69, 9.17) is 21.1 Å². The Hall–Kier alpha value is -1.47. The van der Waals surface area contributed by atoms with E-state index in [1.807, 2.05) is 0 Å². The number of anilines is 1. The second kappa shape index (κ2) is 5.96. The van der Waals surface area contributed by atoms with E-state index in [9.17, 15) is 14.7 Å². The van der Waals surface area contributed by atoms with Crippen molar-refractivity contribution in [3.05, 3.63) is 21.6 Å². The maximum absolute atomic E-state index is 12.3. The number of fused-ring (bicyclic) bond motifs is 1. The fourth-order valence-corrected chi connectivity index (χ4v) is 2.38. The third kappa shape index (κ3) is 3.64. The summed E-state index contributed by atoms with van der Waals surface area (Å²) >= 11 is 9.29. The number of ether oxygens (including phenoxy) is 2. The summed E-state index contributed by atoms with van der Waals surface area (Å²) in [7, 11) is 0. The summed E-state index contributed by atoms with van der Waals surface area (Å²) < 4.78 is 11.3. The normalized spacial score (nSPS) is 17.5. The number of amides is 1. The van der Waals surface area contributed by atoms with Gasteiger partial charge in [0.05, 0.1) is 17.3 Å². The molecule has 8 heteroatoms. The lowest BCUT2D eigenvalue weighted by atomic mass is 10.2. The molecule has 1 aromatic carbocycles. The van der Waals surface area contributed by atoms with Gasteiger partial charge in [-0.3, -0.25) is 4.90 Å². The van der Waals surface area contributed by atoms with E-state index < -0.39 is 23.8 Å². The number of hydrogen-bond acceptors (Lipinski definition) is 4. The molecule has 1 aliphatic rings. The Bertz CT molecular complexity index is 628. The summed E-state index contributed by atoms with van der Waals surface area (Å²) in [6.07, 6.45) is -1.82. The number of carbonyl (C=O) groups excluding carboxylic acids is 1.